The van der Waals surface area contributed by atoms with Crippen LogP contribution in [0.25, 0.3) is 6.08 Å². The Labute approximate surface area is 151 Å². The van der Waals surface area contributed by atoms with Crippen LogP contribution in [0.1, 0.15) is 30.3 Å². The highest BCUT2D eigenvalue weighted by molar-refractivity contribution is 6.00. The predicted octanol–water partition coefficient (Wildman–Crippen LogP) is 1.94. The Morgan fingerprint density at radius 3 is 2.73 bits per heavy atom. The van der Waals surface area contributed by atoms with Crippen LogP contribution in [-0.4, -0.2) is 47.2 Å². The van der Waals surface area contributed by atoms with Gasteiger partial charge in [0.1, 0.15) is 18.2 Å². The van der Waals surface area contributed by atoms with Gasteiger partial charge in [-0.25, -0.2) is 14.5 Å². The van der Waals surface area contributed by atoms with Gasteiger partial charge in [-0.15, -0.1) is 0 Å². The van der Waals surface area contributed by atoms with Crippen molar-refractivity contribution in [2.24, 2.45) is 0 Å². The average molecular weight is 359 g/mol. The molecular weight excluding hydrogens is 338 g/mol. The van der Waals surface area contributed by atoms with Crippen molar-refractivity contribution >= 4 is 24.0 Å². The molecule has 0 bridgehead atoms. The molecular formula is C18H21N3O5. The second-order valence-electron chi connectivity index (χ2n) is 5.88. The van der Waals surface area contributed by atoms with E-state index in [-0.39, 0.29) is 18.7 Å². The Bertz CT molecular complexity index is 800. The molecule has 2 amide bonds. The van der Waals surface area contributed by atoms with Crippen LogP contribution in [0.3, 0.4) is 0 Å². The van der Waals surface area contributed by atoms with E-state index in [1.165, 1.54) is 6.08 Å². The van der Waals surface area contributed by atoms with Crippen molar-refractivity contribution in [2.45, 2.75) is 33.7 Å². The van der Waals surface area contributed by atoms with Gasteiger partial charge in [-0.3, -0.25) is 4.79 Å². The summed E-state index contributed by atoms with van der Waals surface area (Å²) in [5.74, 6) is -1.59. The Morgan fingerprint density at radius 2 is 2.15 bits per heavy atom. The quantitative estimate of drug-likeness (QED) is 0.437. The van der Waals surface area contributed by atoms with Crippen LogP contribution in [0.15, 0.2) is 11.6 Å². The molecule has 0 aliphatic carbocycles. The summed E-state index contributed by atoms with van der Waals surface area (Å²) in [6, 6.07) is 3.69. The Morgan fingerprint density at radius 1 is 1.42 bits per heavy atom. The summed E-state index contributed by atoms with van der Waals surface area (Å²) < 4.78 is 11.6. The molecule has 0 aromatic carbocycles. The zero-order valence-electron chi connectivity index (χ0n) is 15.1. The van der Waals surface area contributed by atoms with Gasteiger partial charge in [-0.05, 0) is 38.0 Å². The summed E-state index contributed by atoms with van der Waals surface area (Å²) in [5, 5.41) is 9.25. The maximum Gasteiger partial charge on any atom is 0.416 e. The Balaban J connectivity index is 2.08. The zero-order chi connectivity index (χ0) is 19.3. The minimum atomic E-state index is -0.909. The van der Waals surface area contributed by atoms with Crippen molar-refractivity contribution in [3.05, 3.63) is 28.6 Å². The molecule has 2 heterocycles. The van der Waals surface area contributed by atoms with E-state index in [4.69, 9.17) is 4.74 Å². The number of imide groups is 1. The summed E-state index contributed by atoms with van der Waals surface area (Å²) in [6.07, 6.45) is 1.66. The van der Waals surface area contributed by atoms with E-state index in [2.05, 4.69) is 16.2 Å². The number of carbonyl (C=O) groups is 3. The highest BCUT2D eigenvalue weighted by Crippen LogP contribution is 2.19. The number of hydrogen-bond acceptors (Lipinski definition) is 6. The molecule has 1 aromatic rings. The Kier molecular flexibility index (Phi) is 6.17. The third-order valence-electron chi connectivity index (χ3n) is 4.09. The van der Waals surface area contributed by atoms with Crippen molar-refractivity contribution in [1.82, 2.24) is 9.47 Å². The van der Waals surface area contributed by atoms with E-state index in [0.29, 0.717) is 0 Å². The van der Waals surface area contributed by atoms with Gasteiger partial charge in [0.15, 0.2) is 6.61 Å². The molecule has 8 heteroatoms. The fourth-order valence-corrected chi connectivity index (χ4v) is 2.74. The molecule has 138 valence electrons. The van der Waals surface area contributed by atoms with Crippen LogP contribution < -0.4 is 0 Å². The lowest BCUT2D eigenvalue weighted by Gasteiger charge is -2.10. The standard InChI is InChI=1S/C18H21N3O5/c1-4-5-20-12(2)8-14(13(20)3)9-15(10-19)17(23)26-11-16(22)21-6-7-25-18(21)24/h8-9H,4-7,11H2,1-3H3/b15-9+. The molecule has 1 saturated heterocycles. The molecule has 0 atom stereocenters. The lowest BCUT2D eigenvalue weighted by atomic mass is 10.1. The normalized spacial score (nSPS) is 14.2. The first-order chi connectivity index (χ1) is 12.4. The molecule has 1 aliphatic heterocycles. The van der Waals surface area contributed by atoms with Crippen LogP contribution in [0.2, 0.25) is 0 Å². The van der Waals surface area contributed by atoms with Crippen molar-refractivity contribution in [3.8, 4) is 6.07 Å². The van der Waals surface area contributed by atoms with Gasteiger partial charge in [0.25, 0.3) is 5.91 Å². The number of carbonyl (C=O) groups excluding carboxylic acids is 3. The van der Waals surface area contributed by atoms with E-state index in [1.54, 1.807) is 6.07 Å². The first-order valence-corrected chi connectivity index (χ1v) is 8.31. The maximum atomic E-state index is 12.1. The number of aryl methyl sites for hydroxylation is 1. The van der Waals surface area contributed by atoms with Crippen LogP contribution in [0, 0.1) is 25.2 Å². The first kappa shape index (κ1) is 19.2. The average Bonchev–Trinajstić information content (AvgIpc) is 3.15. The van der Waals surface area contributed by atoms with Gasteiger partial charge in [0, 0.05) is 17.9 Å². The number of rotatable bonds is 6. The third-order valence-corrected chi connectivity index (χ3v) is 4.09. The van der Waals surface area contributed by atoms with E-state index in [9.17, 15) is 19.6 Å². The second-order valence-corrected chi connectivity index (χ2v) is 5.88. The van der Waals surface area contributed by atoms with Crippen LogP contribution in [0.5, 0.6) is 0 Å². The number of aromatic nitrogens is 1. The molecule has 2 rings (SSSR count). The summed E-state index contributed by atoms with van der Waals surface area (Å²) in [6.45, 7) is 6.41. The van der Waals surface area contributed by atoms with Gasteiger partial charge >= 0.3 is 12.1 Å². The number of ether oxygens (including phenoxy) is 2. The largest absolute Gasteiger partial charge is 0.451 e. The number of esters is 1. The van der Waals surface area contributed by atoms with Crippen molar-refractivity contribution in [2.75, 3.05) is 19.8 Å². The number of cyclic esters (lactones) is 1. The van der Waals surface area contributed by atoms with Gasteiger partial charge in [-0.2, -0.15) is 5.26 Å². The fourth-order valence-electron chi connectivity index (χ4n) is 2.74. The smallest absolute Gasteiger partial charge is 0.416 e. The minimum Gasteiger partial charge on any atom is -0.451 e. The van der Waals surface area contributed by atoms with Gasteiger partial charge in [0.05, 0.1) is 6.54 Å². The summed E-state index contributed by atoms with van der Waals surface area (Å²) in [4.78, 5) is 36.1. The van der Waals surface area contributed by atoms with Gasteiger partial charge in [0.2, 0.25) is 0 Å². The molecule has 1 fully saturated rings. The van der Waals surface area contributed by atoms with Gasteiger partial charge in [-0.1, -0.05) is 6.92 Å². The van der Waals surface area contributed by atoms with Crippen LogP contribution in [0.4, 0.5) is 4.79 Å². The molecule has 26 heavy (non-hydrogen) atoms. The molecule has 0 unspecified atom stereocenters. The van der Waals surface area contributed by atoms with Crippen molar-refractivity contribution < 1.29 is 23.9 Å². The highest BCUT2D eigenvalue weighted by atomic mass is 16.6. The predicted molar refractivity (Wildman–Crippen MR) is 91.8 cm³/mol. The van der Waals surface area contributed by atoms with E-state index in [0.717, 1.165) is 34.8 Å². The fraction of sp³-hybridized carbons (Fsp3) is 0.444. The van der Waals surface area contributed by atoms with Crippen LogP contribution >= 0.6 is 0 Å². The van der Waals surface area contributed by atoms with Crippen molar-refractivity contribution in [1.29, 1.82) is 5.26 Å². The molecule has 0 spiro atoms. The first-order valence-electron chi connectivity index (χ1n) is 8.31. The topological polar surface area (TPSA) is 102 Å². The maximum absolute atomic E-state index is 12.1. The summed E-state index contributed by atoms with van der Waals surface area (Å²) >= 11 is 0. The number of amides is 2. The molecule has 1 aromatic heterocycles. The number of hydrogen-bond donors (Lipinski definition) is 0. The SMILES string of the molecule is CCCn1c(C)cc(/C=C(\C#N)C(=O)OCC(=O)N2CCOC2=O)c1C. The monoisotopic (exact) mass is 359 g/mol. The van der Waals surface area contributed by atoms with Crippen molar-refractivity contribution in [3.63, 3.8) is 0 Å². The summed E-state index contributed by atoms with van der Waals surface area (Å²) in [7, 11) is 0. The third kappa shape index (κ3) is 4.11. The van der Waals surface area contributed by atoms with Gasteiger partial charge < -0.3 is 14.0 Å². The molecule has 1 aliphatic rings. The minimum absolute atomic E-state index is 0.120. The lowest BCUT2D eigenvalue weighted by Crippen LogP contribution is -2.35. The van der Waals surface area contributed by atoms with E-state index >= 15 is 0 Å². The molecule has 0 N–H and O–H groups in total. The Hall–Kier alpha value is -3.08. The van der Waals surface area contributed by atoms with E-state index in [1.807, 2.05) is 19.9 Å². The molecule has 0 saturated carbocycles. The number of nitriles is 1. The molecule has 0 radical (unpaired) electrons. The number of nitrogens with zero attached hydrogens (tertiary/aromatic N) is 3. The van der Waals surface area contributed by atoms with Crippen LogP contribution in [-0.2, 0) is 25.6 Å². The van der Waals surface area contributed by atoms with E-state index < -0.39 is 24.6 Å². The summed E-state index contributed by atoms with van der Waals surface area (Å²) in [5.41, 5.74) is 2.52. The zero-order valence-corrected chi connectivity index (χ0v) is 15.1. The second kappa shape index (κ2) is 8.34. The molecule has 8 nitrogen and oxygen atoms in total. The highest BCUT2D eigenvalue weighted by Gasteiger charge is 2.29. The lowest BCUT2D eigenvalue weighted by molar-refractivity contribution is -0.147.